The van der Waals surface area contributed by atoms with Crippen LogP contribution in [0.3, 0.4) is 0 Å². The number of aryl methyl sites for hydroxylation is 1. The molecule has 16 heavy (non-hydrogen) atoms. The lowest BCUT2D eigenvalue weighted by atomic mass is 10.1. The van der Waals surface area contributed by atoms with Crippen molar-refractivity contribution in [2.75, 3.05) is 0 Å². The van der Waals surface area contributed by atoms with Crippen molar-refractivity contribution in [1.29, 1.82) is 0 Å². The molecule has 5 heteroatoms. The molecular formula is C11H17N3OS. The van der Waals surface area contributed by atoms with Crippen molar-refractivity contribution < 1.29 is 4.79 Å². The number of aromatic nitrogens is 2. The Morgan fingerprint density at radius 1 is 1.50 bits per heavy atom. The van der Waals surface area contributed by atoms with Gasteiger partial charge in [0, 0.05) is 5.92 Å². The molecule has 0 bridgehead atoms. The molecule has 0 radical (unpaired) electrons. The molecule has 1 heterocycles. The predicted molar refractivity (Wildman–Crippen MR) is 63.0 cm³/mol. The molecule has 1 atom stereocenters. The van der Waals surface area contributed by atoms with Gasteiger partial charge in [-0.25, -0.2) is 0 Å². The fourth-order valence-corrected chi connectivity index (χ4v) is 2.43. The van der Waals surface area contributed by atoms with Crippen molar-refractivity contribution >= 4 is 17.2 Å². The summed E-state index contributed by atoms with van der Waals surface area (Å²) in [5.74, 6) is 0.337. The number of carbonyl (C=O) groups is 1. The van der Waals surface area contributed by atoms with Gasteiger partial charge in [0.2, 0.25) is 5.91 Å². The summed E-state index contributed by atoms with van der Waals surface area (Å²) in [4.78, 5) is 11.7. The SMILES string of the molecule is CCc1nnc(CNC(=O)C2CC2(C)C)s1. The highest BCUT2D eigenvalue weighted by Gasteiger charge is 2.50. The average Bonchev–Trinajstić information content (AvgIpc) is 2.71. The van der Waals surface area contributed by atoms with Crippen molar-refractivity contribution in [3.05, 3.63) is 10.0 Å². The standard InChI is InChI=1S/C11H17N3OS/c1-4-8-13-14-9(16-8)6-12-10(15)7-5-11(7,2)3/h7H,4-6H2,1-3H3,(H,12,15). The topological polar surface area (TPSA) is 54.9 Å². The summed E-state index contributed by atoms with van der Waals surface area (Å²) in [7, 11) is 0. The van der Waals surface area contributed by atoms with Crippen LogP contribution in [0.1, 0.15) is 37.2 Å². The van der Waals surface area contributed by atoms with Gasteiger partial charge in [-0.1, -0.05) is 32.1 Å². The van der Waals surface area contributed by atoms with Crippen LogP contribution in [0.4, 0.5) is 0 Å². The van der Waals surface area contributed by atoms with Crippen molar-refractivity contribution in [2.45, 2.75) is 40.2 Å². The van der Waals surface area contributed by atoms with E-state index in [1.54, 1.807) is 11.3 Å². The van der Waals surface area contributed by atoms with Crippen LogP contribution < -0.4 is 5.32 Å². The van der Waals surface area contributed by atoms with E-state index in [2.05, 4.69) is 36.3 Å². The quantitative estimate of drug-likeness (QED) is 0.871. The van der Waals surface area contributed by atoms with Gasteiger partial charge in [0.25, 0.3) is 0 Å². The molecule has 1 aromatic rings. The first-order valence-electron chi connectivity index (χ1n) is 5.62. The number of nitrogens with one attached hydrogen (secondary N) is 1. The maximum atomic E-state index is 11.7. The van der Waals surface area contributed by atoms with Gasteiger partial charge < -0.3 is 5.32 Å². The maximum Gasteiger partial charge on any atom is 0.224 e. The van der Waals surface area contributed by atoms with Gasteiger partial charge in [0.1, 0.15) is 10.0 Å². The Balaban J connectivity index is 1.81. The van der Waals surface area contributed by atoms with Gasteiger partial charge in [-0.05, 0) is 18.3 Å². The lowest BCUT2D eigenvalue weighted by Crippen LogP contribution is -2.25. The van der Waals surface area contributed by atoms with E-state index >= 15 is 0 Å². The number of carbonyl (C=O) groups excluding carboxylic acids is 1. The summed E-state index contributed by atoms with van der Waals surface area (Å²) in [6.07, 6.45) is 1.90. The van der Waals surface area contributed by atoms with Crippen LogP contribution >= 0.6 is 11.3 Å². The van der Waals surface area contributed by atoms with Gasteiger partial charge in [-0.15, -0.1) is 10.2 Å². The third-order valence-electron chi connectivity index (χ3n) is 3.05. The van der Waals surface area contributed by atoms with E-state index in [4.69, 9.17) is 0 Å². The van der Waals surface area contributed by atoms with E-state index in [1.165, 1.54) is 0 Å². The molecule has 88 valence electrons. The van der Waals surface area contributed by atoms with E-state index in [1.807, 2.05) is 0 Å². The molecule has 1 aliphatic rings. The zero-order valence-corrected chi connectivity index (χ0v) is 10.7. The number of amides is 1. The number of nitrogens with zero attached hydrogens (tertiary/aromatic N) is 2. The lowest BCUT2D eigenvalue weighted by molar-refractivity contribution is -0.123. The summed E-state index contributed by atoms with van der Waals surface area (Å²) in [6.45, 7) is 6.81. The zero-order valence-electron chi connectivity index (χ0n) is 9.91. The van der Waals surface area contributed by atoms with Crippen LogP contribution in [0.2, 0.25) is 0 Å². The summed E-state index contributed by atoms with van der Waals surface area (Å²) < 4.78 is 0. The van der Waals surface area contributed by atoms with Crippen LogP contribution in [0, 0.1) is 11.3 Å². The minimum atomic E-state index is 0.151. The molecule has 0 aromatic carbocycles. The average molecular weight is 239 g/mol. The van der Waals surface area contributed by atoms with Crippen LogP contribution in [0.15, 0.2) is 0 Å². The predicted octanol–water partition coefficient (Wildman–Crippen LogP) is 1.76. The number of rotatable bonds is 4. The van der Waals surface area contributed by atoms with Gasteiger partial charge in [0.05, 0.1) is 6.54 Å². The lowest BCUT2D eigenvalue weighted by Gasteiger charge is -2.03. The molecule has 1 saturated carbocycles. The maximum absolute atomic E-state index is 11.7. The molecule has 1 aliphatic carbocycles. The first kappa shape index (κ1) is 11.5. The van der Waals surface area contributed by atoms with E-state index in [-0.39, 0.29) is 17.2 Å². The molecule has 1 aromatic heterocycles. The molecular weight excluding hydrogens is 222 g/mol. The minimum Gasteiger partial charge on any atom is -0.349 e. The van der Waals surface area contributed by atoms with Crippen molar-refractivity contribution in [3.8, 4) is 0 Å². The Morgan fingerprint density at radius 3 is 2.62 bits per heavy atom. The molecule has 0 spiro atoms. The third-order valence-corrected chi connectivity index (χ3v) is 4.12. The Labute approximate surface area is 99.5 Å². The Kier molecular flexibility index (Phi) is 2.97. The molecule has 0 saturated heterocycles. The second-order valence-electron chi connectivity index (χ2n) is 4.91. The fourth-order valence-electron chi connectivity index (χ4n) is 1.70. The van der Waals surface area contributed by atoms with Gasteiger partial charge in [-0.3, -0.25) is 4.79 Å². The van der Waals surface area contributed by atoms with Crippen molar-refractivity contribution in [2.24, 2.45) is 11.3 Å². The molecule has 1 fully saturated rings. The van der Waals surface area contributed by atoms with Crippen LogP contribution in [0.25, 0.3) is 0 Å². The summed E-state index contributed by atoms with van der Waals surface area (Å²) in [6, 6.07) is 0. The molecule has 1 amide bonds. The first-order valence-corrected chi connectivity index (χ1v) is 6.43. The number of hydrogen-bond acceptors (Lipinski definition) is 4. The highest BCUT2D eigenvalue weighted by Crippen LogP contribution is 2.51. The second-order valence-corrected chi connectivity index (χ2v) is 6.05. The van der Waals surface area contributed by atoms with Crippen LogP contribution in [-0.4, -0.2) is 16.1 Å². The fraction of sp³-hybridized carbons (Fsp3) is 0.727. The monoisotopic (exact) mass is 239 g/mol. The Morgan fingerprint density at radius 2 is 2.12 bits per heavy atom. The summed E-state index contributed by atoms with van der Waals surface area (Å²) in [5.41, 5.74) is 0.194. The van der Waals surface area contributed by atoms with Gasteiger partial charge in [-0.2, -0.15) is 0 Å². The Hall–Kier alpha value is -0.970. The third kappa shape index (κ3) is 2.40. The summed E-state index contributed by atoms with van der Waals surface area (Å²) in [5, 5.41) is 12.9. The van der Waals surface area contributed by atoms with Gasteiger partial charge in [0.15, 0.2) is 0 Å². The molecule has 1 N–H and O–H groups in total. The number of hydrogen-bond donors (Lipinski definition) is 1. The van der Waals surface area contributed by atoms with E-state index in [9.17, 15) is 4.79 Å². The highest BCUT2D eigenvalue weighted by atomic mass is 32.1. The minimum absolute atomic E-state index is 0.151. The second kappa shape index (κ2) is 4.13. The van der Waals surface area contributed by atoms with E-state index in [0.717, 1.165) is 22.9 Å². The van der Waals surface area contributed by atoms with Crippen LogP contribution in [0.5, 0.6) is 0 Å². The normalized spacial score (nSPS) is 21.8. The molecule has 0 aliphatic heterocycles. The largest absolute Gasteiger partial charge is 0.349 e. The Bertz CT molecular complexity index is 400. The smallest absolute Gasteiger partial charge is 0.224 e. The molecule has 1 unspecified atom stereocenters. The van der Waals surface area contributed by atoms with Crippen molar-refractivity contribution in [3.63, 3.8) is 0 Å². The zero-order chi connectivity index (χ0) is 11.8. The molecule has 2 rings (SSSR count). The van der Waals surface area contributed by atoms with E-state index < -0.39 is 0 Å². The van der Waals surface area contributed by atoms with Crippen molar-refractivity contribution in [1.82, 2.24) is 15.5 Å². The first-order chi connectivity index (χ1) is 7.53. The highest BCUT2D eigenvalue weighted by molar-refractivity contribution is 7.11. The van der Waals surface area contributed by atoms with E-state index in [0.29, 0.717) is 6.54 Å². The molecule has 4 nitrogen and oxygen atoms in total. The van der Waals surface area contributed by atoms with Crippen LogP contribution in [-0.2, 0) is 17.8 Å². The van der Waals surface area contributed by atoms with Gasteiger partial charge >= 0.3 is 0 Å². The summed E-state index contributed by atoms with van der Waals surface area (Å²) >= 11 is 1.57.